The molecular weight excluding hydrogens is 382 g/mol. The normalized spacial score (nSPS) is 10.8. The summed E-state index contributed by atoms with van der Waals surface area (Å²) in [5.41, 5.74) is 11.4. The molecule has 0 aliphatic heterocycles. The van der Waals surface area contributed by atoms with Crippen LogP contribution in [0.15, 0.2) is 41.6 Å². The van der Waals surface area contributed by atoms with Crippen molar-refractivity contribution in [3.63, 3.8) is 0 Å². The standard InChI is InChI=1S/C19H21N3O7/c1-25-14-9-8-13(16(26-2)17(14)27-3)19(24)29-22-18(21)11-4-6-12(7-5-11)28-10-15(20)23/h4-9H,10H2,1-3H3,(H2,20,23)(H2,21,22). The third-order valence-corrected chi connectivity index (χ3v) is 3.68. The minimum Gasteiger partial charge on any atom is -0.493 e. The summed E-state index contributed by atoms with van der Waals surface area (Å²) in [6.45, 7) is -0.242. The Bertz CT molecular complexity index is 911. The van der Waals surface area contributed by atoms with E-state index in [9.17, 15) is 9.59 Å². The predicted molar refractivity (Wildman–Crippen MR) is 103 cm³/mol. The van der Waals surface area contributed by atoms with Gasteiger partial charge in [0.05, 0.1) is 21.3 Å². The first-order valence-electron chi connectivity index (χ1n) is 8.26. The van der Waals surface area contributed by atoms with Gasteiger partial charge in [0.25, 0.3) is 5.91 Å². The molecule has 0 radical (unpaired) electrons. The minimum absolute atomic E-state index is 0.0424. The number of nitrogens with zero attached hydrogens (tertiary/aromatic N) is 1. The minimum atomic E-state index is -0.799. The van der Waals surface area contributed by atoms with Gasteiger partial charge in [-0.1, -0.05) is 5.16 Å². The maximum absolute atomic E-state index is 12.4. The van der Waals surface area contributed by atoms with Crippen LogP contribution in [-0.4, -0.2) is 45.6 Å². The Hall–Kier alpha value is -3.95. The second-order valence-corrected chi connectivity index (χ2v) is 5.52. The molecule has 2 aromatic carbocycles. The van der Waals surface area contributed by atoms with E-state index in [1.54, 1.807) is 24.3 Å². The molecule has 0 fully saturated rings. The van der Waals surface area contributed by atoms with E-state index < -0.39 is 11.9 Å². The molecule has 0 saturated carbocycles. The number of primary amides is 1. The second-order valence-electron chi connectivity index (χ2n) is 5.52. The Balaban J connectivity index is 2.15. The molecule has 4 N–H and O–H groups in total. The fraction of sp³-hybridized carbons (Fsp3) is 0.211. The van der Waals surface area contributed by atoms with Gasteiger partial charge in [-0.15, -0.1) is 0 Å². The lowest BCUT2D eigenvalue weighted by atomic mass is 10.1. The molecule has 0 atom stereocenters. The zero-order chi connectivity index (χ0) is 21.4. The van der Waals surface area contributed by atoms with E-state index in [1.165, 1.54) is 33.5 Å². The molecule has 1 amide bonds. The topological polar surface area (TPSA) is 145 Å². The van der Waals surface area contributed by atoms with Crippen LogP contribution in [0, 0.1) is 0 Å². The lowest BCUT2D eigenvalue weighted by Gasteiger charge is -2.14. The van der Waals surface area contributed by atoms with Crippen LogP contribution in [0.4, 0.5) is 0 Å². The molecule has 0 saturated heterocycles. The Kier molecular flexibility index (Phi) is 7.24. The van der Waals surface area contributed by atoms with E-state index in [0.717, 1.165) is 0 Å². The van der Waals surface area contributed by atoms with Gasteiger partial charge in [0.15, 0.2) is 23.9 Å². The maximum atomic E-state index is 12.4. The SMILES string of the molecule is COc1ccc(C(=O)O/N=C(\N)c2ccc(OCC(N)=O)cc2)c(OC)c1OC. The van der Waals surface area contributed by atoms with Gasteiger partial charge in [-0.3, -0.25) is 4.79 Å². The number of amides is 1. The summed E-state index contributed by atoms with van der Waals surface area (Å²) in [7, 11) is 4.26. The summed E-state index contributed by atoms with van der Waals surface area (Å²) in [5, 5.41) is 3.65. The number of hydrogen-bond acceptors (Lipinski definition) is 8. The quantitative estimate of drug-likeness (QED) is 0.274. The first-order chi connectivity index (χ1) is 13.9. The fourth-order valence-corrected chi connectivity index (χ4v) is 2.33. The molecule has 0 unspecified atom stereocenters. The number of hydrogen-bond donors (Lipinski definition) is 2. The van der Waals surface area contributed by atoms with Gasteiger partial charge >= 0.3 is 5.97 Å². The van der Waals surface area contributed by atoms with Gasteiger partial charge in [0.2, 0.25) is 5.75 Å². The molecule has 0 spiro atoms. The van der Waals surface area contributed by atoms with Gasteiger partial charge in [-0.05, 0) is 36.4 Å². The average molecular weight is 403 g/mol. The van der Waals surface area contributed by atoms with Crippen LogP contribution in [0.3, 0.4) is 0 Å². The summed E-state index contributed by atoms with van der Waals surface area (Å²) in [5.74, 6) is -0.233. The molecule has 29 heavy (non-hydrogen) atoms. The number of methoxy groups -OCH3 is 3. The Morgan fingerprint density at radius 1 is 0.897 bits per heavy atom. The maximum Gasteiger partial charge on any atom is 0.369 e. The van der Waals surface area contributed by atoms with Crippen LogP contribution in [0.5, 0.6) is 23.0 Å². The molecular formula is C19H21N3O7. The van der Waals surface area contributed by atoms with E-state index in [-0.39, 0.29) is 29.5 Å². The van der Waals surface area contributed by atoms with Crippen molar-refractivity contribution in [1.29, 1.82) is 0 Å². The Morgan fingerprint density at radius 2 is 1.55 bits per heavy atom. The monoisotopic (exact) mass is 403 g/mol. The highest BCUT2D eigenvalue weighted by atomic mass is 16.7. The molecule has 0 heterocycles. The summed E-state index contributed by atoms with van der Waals surface area (Å²) in [4.78, 5) is 28.1. The number of ether oxygens (including phenoxy) is 4. The smallest absolute Gasteiger partial charge is 0.369 e. The molecule has 2 rings (SSSR count). The van der Waals surface area contributed by atoms with Gasteiger partial charge in [0, 0.05) is 5.56 Å². The van der Waals surface area contributed by atoms with Crippen molar-refractivity contribution in [2.75, 3.05) is 27.9 Å². The van der Waals surface area contributed by atoms with Gasteiger partial charge in [0.1, 0.15) is 11.3 Å². The van der Waals surface area contributed by atoms with Crippen LogP contribution in [-0.2, 0) is 9.63 Å². The molecule has 0 aliphatic carbocycles. The Labute approximate surface area is 166 Å². The highest BCUT2D eigenvalue weighted by Crippen LogP contribution is 2.39. The summed E-state index contributed by atoms with van der Waals surface area (Å²) >= 11 is 0. The summed E-state index contributed by atoms with van der Waals surface area (Å²) in [6.07, 6.45) is 0. The van der Waals surface area contributed by atoms with Crippen molar-refractivity contribution in [1.82, 2.24) is 0 Å². The summed E-state index contributed by atoms with van der Waals surface area (Å²) in [6, 6.07) is 9.30. The van der Waals surface area contributed by atoms with Crippen molar-refractivity contribution in [3.05, 3.63) is 47.5 Å². The van der Waals surface area contributed by atoms with Crippen LogP contribution in [0.25, 0.3) is 0 Å². The van der Waals surface area contributed by atoms with Crippen molar-refractivity contribution in [3.8, 4) is 23.0 Å². The molecule has 10 nitrogen and oxygen atoms in total. The van der Waals surface area contributed by atoms with Crippen LogP contribution >= 0.6 is 0 Å². The zero-order valence-electron chi connectivity index (χ0n) is 16.1. The molecule has 0 aliphatic rings. The highest BCUT2D eigenvalue weighted by molar-refractivity contribution is 5.99. The molecule has 2 aromatic rings. The third-order valence-electron chi connectivity index (χ3n) is 3.68. The fourth-order valence-electron chi connectivity index (χ4n) is 2.33. The largest absolute Gasteiger partial charge is 0.493 e. The van der Waals surface area contributed by atoms with E-state index >= 15 is 0 Å². The van der Waals surface area contributed by atoms with E-state index in [4.69, 9.17) is 35.3 Å². The first kappa shape index (κ1) is 21.4. The molecule has 0 aromatic heterocycles. The molecule has 154 valence electrons. The van der Waals surface area contributed by atoms with E-state index in [1.807, 2.05) is 0 Å². The lowest BCUT2D eigenvalue weighted by molar-refractivity contribution is -0.119. The van der Waals surface area contributed by atoms with Crippen LogP contribution in [0.1, 0.15) is 15.9 Å². The predicted octanol–water partition coefficient (Wildman–Crippen LogP) is 1.05. The lowest BCUT2D eigenvalue weighted by Crippen LogP contribution is -2.20. The number of nitrogens with two attached hydrogens (primary N) is 2. The number of oxime groups is 1. The Morgan fingerprint density at radius 3 is 2.10 bits per heavy atom. The van der Waals surface area contributed by atoms with Gasteiger partial charge in [-0.25, -0.2) is 4.79 Å². The van der Waals surface area contributed by atoms with Crippen LogP contribution < -0.4 is 30.4 Å². The number of carbonyl (C=O) groups excluding carboxylic acids is 2. The van der Waals surface area contributed by atoms with Crippen molar-refractivity contribution < 1.29 is 33.4 Å². The molecule has 10 heteroatoms. The van der Waals surface area contributed by atoms with Crippen molar-refractivity contribution >= 4 is 17.7 Å². The number of carbonyl (C=O) groups is 2. The van der Waals surface area contributed by atoms with E-state index in [0.29, 0.717) is 17.1 Å². The highest BCUT2D eigenvalue weighted by Gasteiger charge is 2.22. The number of amidine groups is 1. The number of benzene rings is 2. The van der Waals surface area contributed by atoms with E-state index in [2.05, 4.69) is 5.16 Å². The third kappa shape index (κ3) is 5.28. The van der Waals surface area contributed by atoms with Crippen molar-refractivity contribution in [2.45, 2.75) is 0 Å². The van der Waals surface area contributed by atoms with Gasteiger partial charge in [-0.2, -0.15) is 0 Å². The number of rotatable bonds is 9. The first-order valence-corrected chi connectivity index (χ1v) is 8.26. The summed E-state index contributed by atoms with van der Waals surface area (Å²) < 4.78 is 20.8. The zero-order valence-corrected chi connectivity index (χ0v) is 16.1. The molecule has 0 bridgehead atoms. The second kappa shape index (κ2) is 9.83. The van der Waals surface area contributed by atoms with Gasteiger partial charge < -0.3 is 35.3 Å². The van der Waals surface area contributed by atoms with Crippen molar-refractivity contribution in [2.24, 2.45) is 16.6 Å². The van der Waals surface area contributed by atoms with Crippen LogP contribution in [0.2, 0.25) is 0 Å². The average Bonchev–Trinajstić information content (AvgIpc) is 2.74.